The van der Waals surface area contributed by atoms with Crippen molar-refractivity contribution >= 4 is 17.4 Å². The van der Waals surface area contributed by atoms with E-state index >= 15 is 0 Å². The van der Waals surface area contributed by atoms with Crippen LogP contribution in [0.25, 0.3) is 5.69 Å². The number of nitrogens with one attached hydrogen (secondary N) is 1. The van der Waals surface area contributed by atoms with Crippen molar-refractivity contribution in [3.63, 3.8) is 0 Å². The molecular formula is C10H10ClN5. The molecule has 0 aliphatic rings. The molecule has 2 aromatic rings. The first-order valence-corrected chi connectivity index (χ1v) is 4.99. The zero-order chi connectivity index (χ0) is 11.7. The number of hydrogen-bond acceptors (Lipinski definition) is 3. The Labute approximate surface area is 97.4 Å². The fourth-order valence-corrected chi connectivity index (χ4v) is 1.48. The number of nitrogens with two attached hydrogens (primary N) is 1. The number of rotatable bonds is 2. The first-order valence-electron chi connectivity index (χ1n) is 4.61. The van der Waals surface area contributed by atoms with Crippen molar-refractivity contribution in [2.75, 3.05) is 0 Å². The van der Waals surface area contributed by atoms with E-state index in [0.717, 1.165) is 5.69 Å². The highest BCUT2D eigenvalue weighted by Gasteiger charge is 2.10. The van der Waals surface area contributed by atoms with E-state index in [1.165, 1.54) is 0 Å². The molecule has 0 atom stereocenters. The number of aryl methyl sites for hydroxylation is 1. The summed E-state index contributed by atoms with van der Waals surface area (Å²) < 4.78 is 1.57. The maximum Gasteiger partial charge on any atom is 0.144 e. The summed E-state index contributed by atoms with van der Waals surface area (Å²) in [6.07, 6.45) is 3.25. The lowest BCUT2D eigenvalue weighted by molar-refractivity contribution is 0.853. The average Bonchev–Trinajstić information content (AvgIpc) is 2.59. The maximum atomic E-state index is 7.43. The lowest BCUT2D eigenvalue weighted by Gasteiger charge is -2.05. The monoisotopic (exact) mass is 235 g/mol. The van der Waals surface area contributed by atoms with E-state index in [1.54, 1.807) is 29.2 Å². The fraction of sp³-hybridized carbons (Fsp3) is 0.100. The van der Waals surface area contributed by atoms with Gasteiger partial charge in [0.25, 0.3) is 0 Å². The number of hydrogen-bond donors (Lipinski definition) is 2. The van der Waals surface area contributed by atoms with Crippen LogP contribution < -0.4 is 5.73 Å². The SMILES string of the molecule is Cc1nn(-c2cccnc2C(=N)N)cc1Cl. The van der Waals surface area contributed by atoms with Gasteiger partial charge in [-0.15, -0.1) is 0 Å². The molecular weight excluding hydrogens is 226 g/mol. The zero-order valence-corrected chi connectivity index (χ0v) is 9.36. The minimum Gasteiger partial charge on any atom is -0.382 e. The molecule has 0 aliphatic carbocycles. The van der Waals surface area contributed by atoms with Crippen LogP contribution in [0.1, 0.15) is 11.4 Å². The Hall–Kier alpha value is -1.88. The molecule has 2 aromatic heterocycles. The Kier molecular flexibility index (Phi) is 2.62. The van der Waals surface area contributed by atoms with Crippen molar-refractivity contribution in [3.05, 3.63) is 40.9 Å². The van der Waals surface area contributed by atoms with E-state index in [4.69, 9.17) is 22.7 Å². The molecule has 0 spiro atoms. The van der Waals surface area contributed by atoms with Gasteiger partial charge in [0.1, 0.15) is 11.5 Å². The molecule has 0 aliphatic heterocycles. The molecule has 16 heavy (non-hydrogen) atoms. The minimum atomic E-state index is -0.0973. The molecule has 0 fully saturated rings. The molecule has 0 saturated carbocycles. The van der Waals surface area contributed by atoms with E-state index in [9.17, 15) is 0 Å². The van der Waals surface area contributed by atoms with Crippen LogP contribution in [0.15, 0.2) is 24.5 Å². The van der Waals surface area contributed by atoms with Crippen LogP contribution in [-0.4, -0.2) is 20.6 Å². The number of pyridine rings is 1. The third-order valence-electron chi connectivity index (χ3n) is 2.13. The van der Waals surface area contributed by atoms with Crippen molar-refractivity contribution in [3.8, 4) is 5.69 Å². The predicted molar refractivity (Wildman–Crippen MR) is 62.1 cm³/mol. The number of nitrogen functional groups attached to an aromatic ring is 1. The Morgan fingerprint density at radius 1 is 1.56 bits per heavy atom. The van der Waals surface area contributed by atoms with E-state index in [-0.39, 0.29) is 5.84 Å². The topological polar surface area (TPSA) is 80.6 Å². The van der Waals surface area contributed by atoms with Crippen LogP contribution in [0.2, 0.25) is 5.02 Å². The molecule has 0 radical (unpaired) electrons. The van der Waals surface area contributed by atoms with Gasteiger partial charge in [0, 0.05) is 12.4 Å². The summed E-state index contributed by atoms with van der Waals surface area (Å²) in [4.78, 5) is 4.04. The predicted octanol–water partition coefficient (Wildman–Crippen LogP) is 1.51. The lowest BCUT2D eigenvalue weighted by Crippen LogP contribution is -2.16. The molecule has 2 heterocycles. The third-order valence-corrected chi connectivity index (χ3v) is 2.50. The Morgan fingerprint density at radius 2 is 2.31 bits per heavy atom. The van der Waals surface area contributed by atoms with Crippen molar-refractivity contribution in [1.82, 2.24) is 14.8 Å². The summed E-state index contributed by atoms with van der Waals surface area (Å²) in [6.45, 7) is 1.81. The van der Waals surface area contributed by atoms with Gasteiger partial charge in [0.05, 0.1) is 16.4 Å². The molecule has 82 valence electrons. The molecule has 0 unspecified atom stereocenters. The van der Waals surface area contributed by atoms with E-state index in [0.29, 0.717) is 16.4 Å². The van der Waals surface area contributed by atoms with Crippen molar-refractivity contribution in [2.45, 2.75) is 6.92 Å². The largest absolute Gasteiger partial charge is 0.382 e. The standard InChI is InChI=1S/C10H10ClN5/c1-6-7(11)5-16(15-6)8-3-2-4-14-9(8)10(12)13/h2-5H,1H3,(H3,12,13). The van der Waals surface area contributed by atoms with E-state index in [1.807, 2.05) is 6.92 Å². The fourth-order valence-electron chi connectivity index (χ4n) is 1.35. The molecule has 6 heteroatoms. The summed E-state index contributed by atoms with van der Waals surface area (Å²) in [5.74, 6) is -0.0973. The van der Waals surface area contributed by atoms with Crippen LogP contribution in [0.4, 0.5) is 0 Å². The third kappa shape index (κ3) is 1.77. The van der Waals surface area contributed by atoms with Gasteiger partial charge >= 0.3 is 0 Å². The van der Waals surface area contributed by atoms with Crippen molar-refractivity contribution in [1.29, 1.82) is 5.41 Å². The smallest absolute Gasteiger partial charge is 0.144 e. The lowest BCUT2D eigenvalue weighted by atomic mass is 10.3. The van der Waals surface area contributed by atoms with Gasteiger partial charge in [-0.25, -0.2) is 4.68 Å². The molecule has 3 N–H and O–H groups in total. The average molecular weight is 236 g/mol. The van der Waals surface area contributed by atoms with Crippen molar-refractivity contribution in [2.24, 2.45) is 5.73 Å². The first kappa shape index (κ1) is 10.6. The van der Waals surface area contributed by atoms with E-state index in [2.05, 4.69) is 10.1 Å². The number of aromatic nitrogens is 3. The van der Waals surface area contributed by atoms with Gasteiger partial charge in [-0.05, 0) is 19.1 Å². The van der Waals surface area contributed by atoms with Gasteiger partial charge < -0.3 is 5.73 Å². The highest BCUT2D eigenvalue weighted by molar-refractivity contribution is 6.31. The minimum absolute atomic E-state index is 0.0973. The maximum absolute atomic E-state index is 7.43. The van der Waals surface area contributed by atoms with Gasteiger partial charge in [-0.2, -0.15) is 5.10 Å². The number of nitrogens with zero attached hydrogens (tertiary/aromatic N) is 3. The Balaban J connectivity index is 2.59. The first-order chi connectivity index (χ1) is 7.59. The quantitative estimate of drug-likeness (QED) is 0.612. The molecule has 0 aromatic carbocycles. The summed E-state index contributed by atoms with van der Waals surface area (Å²) >= 11 is 5.92. The second kappa shape index (κ2) is 3.94. The molecule has 2 rings (SSSR count). The number of halogens is 1. The van der Waals surface area contributed by atoms with E-state index < -0.39 is 0 Å². The Bertz CT molecular complexity index is 526. The highest BCUT2D eigenvalue weighted by atomic mass is 35.5. The number of amidine groups is 1. The van der Waals surface area contributed by atoms with Gasteiger partial charge in [-0.3, -0.25) is 10.4 Å². The Morgan fingerprint density at radius 3 is 2.88 bits per heavy atom. The van der Waals surface area contributed by atoms with Crippen LogP contribution in [0.3, 0.4) is 0 Å². The highest BCUT2D eigenvalue weighted by Crippen LogP contribution is 2.17. The van der Waals surface area contributed by atoms with Crippen molar-refractivity contribution < 1.29 is 0 Å². The zero-order valence-electron chi connectivity index (χ0n) is 8.61. The second-order valence-electron chi connectivity index (χ2n) is 3.29. The van der Waals surface area contributed by atoms with Gasteiger partial charge in [-0.1, -0.05) is 11.6 Å². The molecule has 0 saturated heterocycles. The van der Waals surface area contributed by atoms with Crippen LogP contribution in [0, 0.1) is 12.3 Å². The summed E-state index contributed by atoms with van der Waals surface area (Å²) in [7, 11) is 0. The second-order valence-corrected chi connectivity index (χ2v) is 3.70. The van der Waals surface area contributed by atoms with Gasteiger partial charge in [0.2, 0.25) is 0 Å². The van der Waals surface area contributed by atoms with Crippen LogP contribution in [-0.2, 0) is 0 Å². The van der Waals surface area contributed by atoms with Crippen LogP contribution in [0.5, 0.6) is 0 Å². The molecule has 0 amide bonds. The van der Waals surface area contributed by atoms with Gasteiger partial charge in [0.15, 0.2) is 0 Å². The normalized spacial score (nSPS) is 10.4. The summed E-state index contributed by atoms with van der Waals surface area (Å²) in [5.41, 5.74) is 7.20. The van der Waals surface area contributed by atoms with Crippen LogP contribution >= 0.6 is 11.6 Å². The summed E-state index contributed by atoms with van der Waals surface area (Å²) in [5, 5.41) is 12.2. The molecule has 5 nitrogen and oxygen atoms in total. The summed E-state index contributed by atoms with van der Waals surface area (Å²) in [6, 6.07) is 3.54. The molecule has 0 bridgehead atoms.